The lowest BCUT2D eigenvalue weighted by molar-refractivity contribution is -0.0910. The van der Waals surface area contributed by atoms with Gasteiger partial charge in [0.2, 0.25) is 0 Å². The van der Waals surface area contributed by atoms with Crippen LogP contribution >= 0.6 is 0 Å². The number of hydrogen-bond acceptors (Lipinski definition) is 3. The lowest BCUT2D eigenvalue weighted by Gasteiger charge is -2.38. The molecule has 2 fully saturated rings. The summed E-state index contributed by atoms with van der Waals surface area (Å²) in [4.78, 5) is 0. The van der Waals surface area contributed by atoms with E-state index in [9.17, 15) is 0 Å². The highest BCUT2D eigenvalue weighted by Crippen LogP contribution is 2.43. The predicted octanol–water partition coefficient (Wildman–Crippen LogP) is 2.96. The molecule has 19 heavy (non-hydrogen) atoms. The van der Waals surface area contributed by atoms with E-state index in [0.717, 1.165) is 31.4 Å². The second-order valence-corrected chi connectivity index (χ2v) is 6.15. The van der Waals surface area contributed by atoms with Crippen molar-refractivity contribution < 1.29 is 4.74 Å². The van der Waals surface area contributed by atoms with Gasteiger partial charge in [-0.2, -0.15) is 5.10 Å². The van der Waals surface area contributed by atoms with Gasteiger partial charge >= 0.3 is 0 Å². The standard InChI is InChI=1S/C15H25N3O/c1-2-14(16)12-10-17-18(11-12)13-5-8-19-15(9-13)6-3-4-7-15/h10-11,13-14H,2-9,16H2,1H3. The van der Waals surface area contributed by atoms with Crippen molar-refractivity contribution in [2.75, 3.05) is 6.61 Å². The summed E-state index contributed by atoms with van der Waals surface area (Å²) in [5.41, 5.74) is 7.39. The second kappa shape index (κ2) is 5.25. The van der Waals surface area contributed by atoms with E-state index in [0.29, 0.717) is 6.04 Å². The van der Waals surface area contributed by atoms with Gasteiger partial charge in [-0.15, -0.1) is 0 Å². The molecule has 0 radical (unpaired) electrons. The SMILES string of the molecule is CCC(N)c1cnn(C2CCOC3(CCCC3)C2)c1. The Bertz CT molecular complexity index is 423. The molecular weight excluding hydrogens is 238 g/mol. The van der Waals surface area contributed by atoms with E-state index in [2.05, 4.69) is 22.9 Å². The summed E-state index contributed by atoms with van der Waals surface area (Å²) in [6.07, 6.45) is 12.3. The number of nitrogens with zero attached hydrogens (tertiary/aromatic N) is 2. The van der Waals surface area contributed by atoms with Crippen LogP contribution in [0.2, 0.25) is 0 Å². The summed E-state index contributed by atoms with van der Waals surface area (Å²) in [6, 6.07) is 0.610. The molecule has 1 saturated carbocycles. The summed E-state index contributed by atoms with van der Waals surface area (Å²) < 4.78 is 8.22. The Hall–Kier alpha value is -0.870. The van der Waals surface area contributed by atoms with Crippen LogP contribution in [0.1, 0.15) is 69.5 Å². The zero-order chi connectivity index (χ0) is 13.3. The van der Waals surface area contributed by atoms with Crippen molar-refractivity contribution >= 4 is 0 Å². The van der Waals surface area contributed by atoms with Gasteiger partial charge in [-0.25, -0.2) is 0 Å². The van der Waals surface area contributed by atoms with Gasteiger partial charge in [0.05, 0.1) is 17.8 Å². The Kier molecular flexibility index (Phi) is 3.63. The lowest BCUT2D eigenvalue weighted by atomic mass is 9.89. The number of rotatable bonds is 3. The molecule has 1 saturated heterocycles. The van der Waals surface area contributed by atoms with E-state index in [1.165, 1.54) is 25.7 Å². The van der Waals surface area contributed by atoms with Crippen molar-refractivity contribution in [3.63, 3.8) is 0 Å². The molecule has 2 atom stereocenters. The van der Waals surface area contributed by atoms with Crippen LogP contribution in [0.3, 0.4) is 0 Å². The van der Waals surface area contributed by atoms with Crippen LogP contribution in [0.15, 0.2) is 12.4 Å². The number of aromatic nitrogens is 2. The van der Waals surface area contributed by atoms with Crippen LogP contribution < -0.4 is 5.73 Å². The summed E-state index contributed by atoms with van der Waals surface area (Å²) in [6.45, 7) is 2.99. The Morgan fingerprint density at radius 2 is 2.32 bits per heavy atom. The molecule has 1 spiro atoms. The van der Waals surface area contributed by atoms with Crippen molar-refractivity contribution in [3.8, 4) is 0 Å². The lowest BCUT2D eigenvalue weighted by Crippen LogP contribution is -2.38. The fourth-order valence-corrected chi connectivity index (χ4v) is 3.58. The van der Waals surface area contributed by atoms with E-state index in [1.807, 2.05) is 6.20 Å². The molecule has 4 nitrogen and oxygen atoms in total. The summed E-state index contributed by atoms with van der Waals surface area (Å²) in [5, 5.41) is 4.54. The van der Waals surface area contributed by atoms with Gasteiger partial charge in [0, 0.05) is 24.4 Å². The zero-order valence-electron chi connectivity index (χ0n) is 11.8. The maximum absolute atomic E-state index is 6.09. The highest BCUT2D eigenvalue weighted by atomic mass is 16.5. The third-order valence-corrected chi connectivity index (χ3v) is 4.85. The topological polar surface area (TPSA) is 53.1 Å². The molecule has 2 heterocycles. The minimum Gasteiger partial charge on any atom is -0.375 e. The largest absolute Gasteiger partial charge is 0.375 e. The van der Waals surface area contributed by atoms with Crippen molar-refractivity contribution in [1.29, 1.82) is 0 Å². The maximum atomic E-state index is 6.09. The minimum atomic E-state index is 0.119. The fourth-order valence-electron chi connectivity index (χ4n) is 3.58. The van der Waals surface area contributed by atoms with Crippen LogP contribution in [-0.2, 0) is 4.74 Å². The van der Waals surface area contributed by atoms with Crippen molar-refractivity contribution in [3.05, 3.63) is 18.0 Å². The molecule has 2 N–H and O–H groups in total. The van der Waals surface area contributed by atoms with E-state index in [4.69, 9.17) is 10.5 Å². The van der Waals surface area contributed by atoms with Gasteiger partial charge in [-0.3, -0.25) is 4.68 Å². The summed E-state index contributed by atoms with van der Waals surface area (Å²) in [7, 11) is 0. The average Bonchev–Trinajstić information content (AvgIpc) is 3.08. The second-order valence-electron chi connectivity index (χ2n) is 6.15. The molecule has 2 aliphatic rings. The minimum absolute atomic E-state index is 0.119. The first-order valence-electron chi connectivity index (χ1n) is 7.66. The third kappa shape index (κ3) is 2.56. The number of hydrogen-bond donors (Lipinski definition) is 1. The van der Waals surface area contributed by atoms with Crippen LogP contribution in [0.25, 0.3) is 0 Å². The molecule has 1 aromatic rings. The fraction of sp³-hybridized carbons (Fsp3) is 0.800. The quantitative estimate of drug-likeness (QED) is 0.912. The maximum Gasteiger partial charge on any atom is 0.0703 e. The smallest absolute Gasteiger partial charge is 0.0703 e. The van der Waals surface area contributed by atoms with Crippen molar-refractivity contribution in [2.24, 2.45) is 5.73 Å². The molecule has 0 bridgehead atoms. The summed E-state index contributed by atoms with van der Waals surface area (Å²) >= 11 is 0. The van der Waals surface area contributed by atoms with Crippen LogP contribution in [0, 0.1) is 0 Å². The Morgan fingerprint density at radius 3 is 3.05 bits per heavy atom. The van der Waals surface area contributed by atoms with Gasteiger partial charge in [-0.05, 0) is 32.1 Å². The molecule has 4 heteroatoms. The third-order valence-electron chi connectivity index (χ3n) is 4.85. The first kappa shape index (κ1) is 13.1. The molecule has 1 aliphatic carbocycles. The van der Waals surface area contributed by atoms with Gasteiger partial charge in [0.25, 0.3) is 0 Å². The van der Waals surface area contributed by atoms with Gasteiger partial charge in [0.15, 0.2) is 0 Å². The molecular formula is C15H25N3O. The van der Waals surface area contributed by atoms with Crippen molar-refractivity contribution in [2.45, 2.75) is 69.6 Å². The Morgan fingerprint density at radius 1 is 1.53 bits per heavy atom. The van der Waals surface area contributed by atoms with Gasteiger partial charge in [-0.1, -0.05) is 19.8 Å². The number of nitrogens with two attached hydrogens (primary N) is 1. The van der Waals surface area contributed by atoms with E-state index in [-0.39, 0.29) is 11.6 Å². The van der Waals surface area contributed by atoms with Crippen LogP contribution in [0.5, 0.6) is 0 Å². The normalized spacial score (nSPS) is 27.8. The zero-order valence-corrected chi connectivity index (χ0v) is 11.8. The molecule has 1 aliphatic heterocycles. The monoisotopic (exact) mass is 263 g/mol. The highest BCUT2D eigenvalue weighted by Gasteiger charge is 2.40. The Balaban J connectivity index is 1.73. The first-order valence-corrected chi connectivity index (χ1v) is 7.66. The Labute approximate surface area is 115 Å². The average molecular weight is 263 g/mol. The van der Waals surface area contributed by atoms with E-state index < -0.39 is 0 Å². The van der Waals surface area contributed by atoms with E-state index >= 15 is 0 Å². The van der Waals surface area contributed by atoms with Gasteiger partial charge in [0.1, 0.15) is 0 Å². The van der Waals surface area contributed by atoms with Crippen molar-refractivity contribution in [1.82, 2.24) is 9.78 Å². The molecule has 3 rings (SSSR count). The summed E-state index contributed by atoms with van der Waals surface area (Å²) in [5.74, 6) is 0. The predicted molar refractivity (Wildman–Crippen MR) is 74.9 cm³/mol. The van der Waals surface area contributed by atoms with E-state index in [1.54, 1.807) is 0 Å². The van der Waals surface area contributed by atoms with Gasteiger partial charge < -0.3 is 10.5 Å². The van der Waals surface area contributed by atoms with Crippen LogP contribution in [-0.4, -0.2) is 22.0 Å². The molecule has 0 aromatic carbocycles. The number of ether oxygens (including phenoxy) is 1. The van der Waals surface area contributed by atoms with Crippen LogP contribution in [0.4, 0.5) is 0 Å². The molecule has 1 aromatic heterocycles. The highest BCUT2D eigenvalue weighted by molar-refractivity contribution is 5.10. The molecule has 106 valence electrons. The first-order chi connectivity index (χ1) is 9.22. The molecule has 0 amide bonds. The molecule has 2 unspecified atom stereocenters.